The molecule has 2 rings (SSSR count). The zero-order valence-corrected chi connectivity index (χ0v) is 15.3. The quantitative estimate of drug-likeness (QED) is 0.506. The molecule has 0 radical (unpaired) electrons. The van der Waals surface area contributed by atoms with E-state index in [4.69, 9.17) is 12.2 Å². The second-order valence-corrected chi connectivity index (χ2v) is 8.22. The highest BCUT2D eigenvalue weighted by Crippen LogP contribution is 2.27. The SMILES string of the molecule is S=C(S)C1CCCCCCCN1C1CCCCCCCC1. The summed E-state index contributed by atoms with van der Waals surface area (Å²) in [5.74, 6) is 0. The second kappa shape index (κ2) is 10.2. The number of hydrogen-bond donors (Lipinski definition) is 1. The average Bonchev–Trinajstić information content (AvgIpc) is 2.68. The molecule has 1 nitrogen and oxygen atoms in total. The Morgan fingerprint density at radius 3 is 1.76 bits per heavy atom. The molecule has 1 heterocycles. The second-order valence-electron chi connectivity index (χ2n) is 7.00. The number of thiocarbonyl (C=S) groups is 1. The van der Waals surface area contributed by atoms with Crippen LogP contribution in [0.15, 0.2) is 0 Å². The molecule has 0 amide bonds. The fourth-order valence-corrected chi connectivity index (χ4v) is 4.66. The van der Waals surface area contributed by atoms with Gasteiger partial charge in [-0.3, -0.25) is 4.90 Å². The van der Waals surface area contributed by atoms with Crippen LogP contribution in [0.2, 0.25) is 0 Å². The van der Waals surface area contributed by atoms with Gasteiger partial charge >= 0.3 is 0 Å². The molecule has 0 bridgehead atoms. The standard InChI is InChI=1S/C18H33NS2/c20-18(21)17-14-10-6-3-7-11-15-19(17)16-12-8-4-1-2-5-9-13-16/h16-17H,1-15H2,(H,20,21). The smallest absolute Gasteiger partial charge is 0.0620 e. The van der Waals surface area contributed by atoms with Gasteiger partial charge in [-0.05, 0) is 32.2 Å². The summed E-state index contributed by atoms with van der Waals surface area (Å²) in [6.45, 7) is 1.25. The fraction of sp³-hybridized carbons (Fsp3) is 0.944. The molecule has 0 aromatic heterocycles. The van der Waals surface area contributed by atoms with Crippen molar-refractivity contribution in [1.29, 1.82) is 0 Å². The van der Waals surface area contributed by atoms with Gasteiger partial charge in [-0.2, -0.15) is 0 Å². The van der Waals surface area contributed by atoms with Crippen LogP contribution in [0.4, 0.5) is 0 Å². The molecule has 0 aromatic rings. The monoisotopic (exact) mass is 327 g/mol. The molecular formula is C18H33NS2. The van der Waals surface area contributed by atoms with E-state index in [-0.39, 0.29) is 0 Å². The highest BCUT2D eigenvalue weighted by atomic mass is 32.1. The Kier molecular flexibility index (Phi) is 8.64. The average molecular weight is 328 g/mol. The summed E-state index contributed by atoms with van der Waals surface area (Å²) < 4.78 is 0.941. The van der Waals surface area contributed by atoms with Crippen molar-refractivity contribution in [2.75, 3.05) is 6.54 Å². The summed E-state index contributed by atoms with van der Waals surface area (Å²) in [7, 11) is 0. The van der Waals surface area contributed by atoms with Gasteiger partial charge in [-0.25, -0.2) is 0 Å². The third kappa shape index (κ3) is 6.19. The maximum Gasteiger partial charge on any atom is 0.0620 e. The zero-order chi connectivity index (χ0) is 14.9. The van der Waals surface area contributed by atoms with Crippen LogP contribution in [-0.2, 0) is 0 Å². The molecule has 0 spiro atoms. The Morgan fingerprint density at radius 1 is 0.714 bits per heavy atom. The van der Waals surface area contributed by atoms with Gasteiger partial charge < -0.3 is 0 Å². The van der Waals surface area contributed by atoms with E-state index in [0.717, 1.165) is 10.2 Å². The van der Waals surface area contributed by atoms with Crippen molar-refractivity contribution in [1.82, 2.24) is 4.90 Å². The maximum atomic E-state index is 5.52. The molecule has 2 aliphatic rings. The van der Waals surface area contributed by atoms with E-state index in [1.54, 1.807) is 0 Å². The van der Waals surface area contributed by atoms with Gasteiger partial charge in [0.05, 0.1) is 10.2 Å². The van der Waals surface area contributed by atoms with Crippen molar-refractivity contribution < 1.29 is 0 Å². The molecular weight excluding hydrogens is 294 g/mol. The lowest BCUT2D eigenvalue weighted by atomic mass is 9.99. The molecule has 0 N–H and O–H groups in total. The van der Waals surface area contributed by atoms with E-state index in [9.17, 15) is 0 Å². The lowest BCUT2D eigenvalue weighted by molar-refractivity contribution is 0.145. The molecule has 2 fully saturated rings. The Labute approximate surface area is 142 Å². The summed E-state index contributed by atoms with van der Waals surface area (Å²) in [5.41, 5.74) is 0. The first-order chi connectivity index (χ1) is 10.3. The lowest BCUT2D eigenvalue weighted by Gasteiger charge is -2.38. The molecule has 0 aromatic carbocycles. The minimum Gasteiger partial charge on any atom is -0.292 e. The van der Waals surface area contributed by atoms with Crippen molar-refractivity contribution in [3.63, 3.8) is 0 Å². The zero-order valence-electron chi connectivity index (χ0n) is 13.6. The van der Waals surface area contributed by atoms with Crippen LogP contribution in [0.3, 0.4) is 0 Å². The summed E-state index contributed by atoms with van der Waals surface area (Å²) in [4.78, 5) is 2.77. The minimum absolute atomic E-state index is 0.451. The van der Waals surface area contributed by atoms with Crippen LogP contribution in [0, 0.1) is 0 Å². The van der Waals surface area contributed by atoms with Gasteiger partial charge in [0.2, 0.25) is 0 Å². The van der Waals surface area contributed by atoms with E-state index in [1.807, 2.05) is 0 Å². The number of thiol groups is 1. The van der Waals surface area contributed by atoms with Crippen molar-refractivity contribution in [3.8, 4) is 0 Å². The van der Waals surface area contributed by atoms with E-state index >= 15 is 0 Å². The fourth-order valence-electron chi connectivity index (χ4n) is 4.13. The van der Waals surface area contributed by atoms with Crippen LogP contribution in [0.5, 0.6) is 0 Å². The molecule has 1 saturated heterocycles. The van der Waals surface area contributed by atoms with Gasteiger partial charge in [0.1, 0.15) is 0 Å². The number of nitrogens with zero attached hydrogens (tertiary/aromatic N) is 1. The summed E-state index contributed by atoms with van der Waals surface area (Å²) in [6, 6.07) is 1.21. The summed E-state index contributed by atoms with van der Waals surface area (Å²) in [6.07, 6.45) is 19.4. The van der Waals surface area contributed by atoms with E-state index in [1.165, 1.54) is 96.4 Å². The first-order valence-electron chi connectivity index (χ1n) is 9.27. The van der Waals surface area contributed by atoms with E-state index in [0.29, 0.717) is 6.04 Å². The van der Waals surface area contributed by atoms with Crippen molar-refractivity contribution in [3.05, 3.63) is 0 Å². The summed E-state index contributed by atoms with van der Waals surface area (Å²) in [5, 5.41) is 0. The minimum atomic E-state index is 0.451. The maximum absolute atomic E-state index is 5.52. The Hall–Kier alpha value is 0.400. The van der Waals surface area contributed by atoms with Gasteiger partial charge in [0.15, 0.2) is 0 Å². The number of hydrogen-bond acceptors (Lipinski definition) is 2. The first-order valence-corrected chi connectivity index (χ1v) is 10.1. The molecule has 1 aliphatic heterocycles. The molecule has 3 heteroatoms. The third-order valence-electron chi connectivity index (χ3n) is 5.37. The van der Waals surface area contributed by atoms with Crippen LogP contribution < -0.4 is 0 Å². The largest absolute Gasteiger partial charge is 0.292 e. The normalized spacial score (nSPS) is 28.5. The van der Waals surface area contributed by atoms with Crippen LogP contribution in [0.25, 0.3) is 0 Å². The molecule has 1 unspecified atom stereocenters. The first kappa shape index (κ1) is 17.7. The predicted octanol–water partition coefficient (Wildman–Crippen LogP) is 5.77. The molecule has 1 aliphatic carbocycles. The van der Waals surface area contributed by atoms with Gasteiger partial charge in [-0.15, -0.1) is 12.6 Å². The molecule has 1 atom stereocenters. The summed E-state index contributed by atoms with van der Waals surface area (Å²) >= 11 is 10.1. The van der Waals surface area contributed by atoms with E-state index in [2.05, 4.69) is 17.5 Å². The van der Waals surface area contributed by atoms with Gasteiger partial charge in [0, 0.05) is 6.04 Å². The van der Waals surface area contributed by atoms with Crippen molar-refractivity contribution >= 4 is 29.0 Å². The lowest BCUT2D eigenvalue weighted by Crippen LogP contribution is -2.46. The highest BCUT2D eigenvalue weighted by Gasteiger charge is 2.28. The highest BCUT2D eigenvalue weighted by molar-refractivity contribution is 8.11. The Balaban J connectivity index is 2.05. The van der Waals surface area contributed by atoms with Crippen molar-refractivity contribution in [2.24, 2.45) is 0 Å². The van der Waals surface area contributed by atoms with E-state index < -0.39 is 0 Å². The number of rotatable bonds is 2. The molecule has 21 heavy (non-hydrogen) atoms. The van der Waals surface area contributed by atoms with Gasteiger partial charge in [-0.1, -0.05) is 76.4 Å². The van der Waals surface area contributed by atoms with Gasteiger partial charge in [0.25, 0.3) is 0 Å². The molecule has 1 saturated carbocycles. The van der Waals surface area contributed by atoms with Crippen molar-refractivity contribution in [2.45, 2.75) is 102 Å². The Morgan fingerprint density at radius 2 is 1.19 bits per heavy atom. The molecule has 122 valence electrons. The predicted molar refractivity (Wildman–Crippen MR) is 101 cm³/mol. The third-order valence-corrected chi connectivity index (χ3v) is 5.94. The van der Waals surface area contributed by atoms with Crippen LogP contribution >= 0.6 is 24.8 Å². The van der Waals surface area contributed by atoms with Crippen LogP contribution in [0.1, 0.15) is 89.9 Å². The van der Waals surface area contributed by atoms with Crippen LogP contribution in [-0.4, -0.2) is 27.7 Å². The Bertz CT molecular complexity index is 296. The topological polar surface area (TPSA) is 3.24 Å².